The van der Waals surface area contributed by atoms with E-state index in [2.05, 4.69) is 175 Å². The highest BCUT2D eigenvalue weighted by Gasteiger charge is 2.51. The summed E-state index contributed by atoms with van der Waals surface area (Å²) in [6, 6.07) is 7.82. The number of unbranched alkanes of at least 4 members (excludes halogenated alkanes) is 1. The van der Waals surface area contributed by atoms with Gasteiger partial charge in [0.25, 0.3) is 0 Å². The van der Waals surface area contributed by atoms with Crippen molar-refractivity contribution in [3.05, 3.63) is 60.2 Å². The monoisotopic (exact) mass is 635 g/mol. The van der Waals surface area contributed by atoms with Gasteiger partial charge in [-0.1, -0.05) is 175 Å². The van der Waals surface area contributed by atoms with Crippen molar-refractivity contribution in [1.82, 2.24) is 0 Å². The predicted molar refractivity (Wildman–Crippen MR) is 211 cm³/mol. The van der Waals surface area contributed by atoms with Gasteiger partial charge < -0.3 is 0 Å². The molecule has 266 valence electrons. The van der Waals surface area contributed by atoms with Gasteiger partial charge in [0.2, 0.25) is 0 Å². The van der Waals surface area contributed by atoms with Crippen molar-refractivity contribution in [1.29, 1.82) is 0 Å². The van der Waals surface area contributed by atoms with Crippen molar-refractivity contribution in [2.45, 2.75) is 199 Å². The summed E-state index contributed by atoms with van der Waals surface area (Å²) in [7, 11) is 0. The first-order chi connectivity index (χ1) is 20.5. The van der Waals surface area contributed by atoms with Gasteiger partial charge in [0.15, 0.2) is 0 Å². The Morgan fingerprint density at radius 3 is 1.17 bits per heavy atom. The van der Waals surface area contributed by atoms with E-state index in [0.717, 1.165) is 19.3 Å². The van der Waals surface area contributed by atoms with Gasteiger partial charge in [-0.25, -0.2) is 0 Å². The maximum absolute atomic E-state index is 4.13. The molecule has 0 aromatic heterocycles. The molecule has 46 heavy (non-hydrogen) atoms. The summed E-state index contributed by atoms with van der Waals surface area (Å²) in [6.45, 7) is 55.4. The zero-order valence-electron chi connectivity index (χ0n) is 35.0. The van der Waals surface area contributed by atoms with Crippen molar-refractivity contribution in [3.8, 4) is 0 Å². The van der Waals surface area contributed by atoms with Crippen molar-refractivity contribution in [2.75, 3.05) is 0 Å². The Kier molecular flexibility index (Phi) is 13.3. The highest BCUT2D eigenvalue weighted by molar-refractivity contribution is 5.42. The summed E-state index contributed by atoms with van der Waals surface area (Å²) in [5.41, 5.74) is 5.46. The fourth-order valence-corrected chi connectivity index (χ4v) is 8.16. The van der Waals surface area contributed by atoms with E-state index in [9.17, 15) is 0 Å². The van der Waals surface area contributed by atoms with Crippen LogP contribution in [0.25, 0.3) is 0 Å². The first kappa shape index (κ1) is 42.7. The molecule has 2 unspecified atom stereocenters. The van der Waals surface area contributed by atoms with E-state index in [1.54, 1.807) is 0 Å². The molecule has 0 radical (unpaired) electrons. The van der Waals surface area contributed by atoms with Gasteiger partial charge in [0, 0.05) is 0 Å². The number of hydrogen-bond donors (Lipinski definition) is 0. The fourth-order valence-electron chi connectivity index (χ4n) is 8.16. The summed E-state index contributed by atoms with van der Waals surface area (Å²) >= 11 is 0. The first-order valence-corrected chi connectivity index (χ1v) is 18.9. The van der Waals surface area contributed by atoms with Crippen LogP contribution >= 0.6 is 0 Å². The molecule has 0 saturated carbocycles. The highest BCUT2D eigenvalue weighted by Crippen LogP contribution is 2.59. The molecular weight excluding hydrogens is 553 g/mol. The first-order valence-electron chi connectivity index (χ1n) is 18.9. The van der Waals surface area contributed by atoms with Gasteiger partial charge in [0.05, 0.1) is 0 Å². The molecule has 1 aromatic carbocycles. The van der Waals surface area contributed by atoms with Crippen LogP contribution in [0.1, 0.15) is 200 Å². The average Bonchev–Trinajstić information content (AvgIpc) is 2.90. The maximum atomic E-state index is 4.13. The molecule has 0 heteroatoms. The number of rotatable bonds is 18. The molecular formula is C46H82. The molecule has 0 bridgehead atoms. The van der Waals surface area contributed by atoms with Crippen LogP contribution in [0.5, 0.6) is 0 Å². The van der Waals surface area contributed by atoms with Crippen molar-refractivity contribution in [2.24, 2.45) is 32.5 Å². The molecule has 0 saturated heterocycles. The minimum Gasteiger partial charge on any atom is -0.103 e. The topological polar surface area (TPSA) is 0 Å². The van der Waals surface area contributed by atoms with Crippen LogP contribution in [-0.2, 0) is 16.2 Å². The summed E-state index contributed by atoms with van der Waals surface area (Å²) in [6.07, 6.45) is 13.6. The minimum atomic E-state index is -0.0135. The smallest absolute Gasteiger partial charge is 0.00494 e. The van der Waals surface area contributed by atoms with E-state index in [1.807, 2.05) is 0 Å². The standard InChI is InChI=1S/C46H82/c1-22-26-29-46(21,34-42(14,15)40(10,11)28-24-3)44(18,19)37-31-35(38(5,6)7)30-36(32-37)43(16,17)45(20,25-4)33-41(12,13)39(8,9)27-23-2/h23-24,30-32H,2-3,22,25-29,33-34H2,1,4-21H3. The van der Waals surface area contributed by atoms with E-state index < -0.39 is 0 Å². The molecule has 0 fully saturated rings. The second-order valence-corrected chi connectivity index (χ2v) is 20.8. The number of allylic oxidation sites excluding steroid dienone is 2. The van der Waals surface area contributed by atoms with E-state index in [4.69, 9.17) is 0 Å². The Morgan fingerprint density at radius 2 is 0.848 bits per heavy atom. The molecule has 0 N–H and O–H groups in total. The van der Waals surface area contributed by atoms with Crippen LogP contribution in [0.2, 0.25) is 0 Å². The molecule has 0 aliphatic heterocycles. The Bertz CT molecular complexity index is 1160. The van der Waals surface area contributed by atoms with Gasteiger partial charge >= 0.3 is 0 Å². The predicted octanol–water partition coefficient (Wildman–Crippen LogP) is 15.2. The van der Waals surface area contributed by atoms with E-state index in [-0.39, 0.29) is 48.7 Å². The average molecular weight is 635 g/mol. The molecule has 0 aliphatic carbocycles. The van der Waals surface area contributed by atoms with Crippen LogP contribution in [0.4, 0.5) is 0 Å². The fraction of sp³-hybridized carbons (Fsp3) is 0.783. The lowest BCUT2D eigenvalue weighted by atomic mass is 9.50. The van der Waals surface area contributed by atoms with Gasteiger partial charge in [-0.05, 0) is 104 Å². The molecule has 1 rings (SSSR count). The minimum absolute atomic E-state index is 0.0103. The zero-order valence-corrected chi connectivity index (χ0v) is 35.0. The molecule has 0 nitrogen and oxygen atoms in total. The number of benzene rings is 1. The van der Waals surface area contributed by atoms with Gasteiger partial charge in [0.1, 0.15) is 0 Å². The Hall–Kier alpha value is -1.30. The van der Waals surface area contributed by atoms with Gasteiger partial charge in [-0.2, -0.15) is 0 Å². The Balaban J connectivity index is 4.04. The zero-order chi connectivity index (χ0) is 36.4. The molecule has 0 aliphatic rings. The summed E-state index contributed by atoms with van der Waals surface area (Å²) < 4.78 is 0. The second-order valence-electron chi connectivity index (χ2n) is 20.8. The maximum Gasteiger partial charge on any atom is -0.00494 e. The van der Waals surface area contributed by atoms with Crippen LogP contribution < -0.4 is 0 Å². The summed E-state index contributed by atoms with van der Waals surface area (Å²) in [5, 5.41) is 0. The molecule has 0 amide bonds. The van der Waals surface area contributed by atoms with Gasteiger partial charge in [-0.15, -0.1) is 13.2 Å². The van der Waals surface area contributed by atoms with Crippen molar-refractivity contribution < 1.29 is 0 Å². The lowest BCUT2D eigenvalue weighted by Gasteiger charge is -2.54. The molecule has 1 aromatic rings. The quantitative estimate of drug-likeness (QED) is 0.141. The van der Waals surface area contributed by atoms with Crippen LogP contribution in [0.15, 0.2) is 43.5 Å². The lowest BCUT2D eigenvalue weighted by molar-refractivity contribution is 0.00714. The van der Waals surface area contributed by atoms with Crippen LogP contribution in [0, 0.1) is 32.5 Å². The van der Waals surface area contributed by atoms with Gasteiger partial charge in [-0.3, -0.25) is 0 Å². The van der Waals surface area contributed by atoms with E-state index >= 15 is 0 Å². The highest BCUT2D eigenvalue weighted by atomic mass is 14.6. The summed E-state index contributed by atoms with van der Waals surface area (Å²) in [5.74, 6) is 0. The summed E-state index contributed by atoms with van der Waals surface area (Å²) in [4.78, 5) is 0. The molecule has 0 spiro atoms. The van der Waals surface area contributed by atoms with Crippen LogP contribution in [0.3, 0.4) is 0 Å². The second kappa shape index (κ2) is 14.3. The SMILES string of the molecule is C=CCC(C)(C)C(C)(C)CC(C)(CC)C(C)(C)c1cc(C(C)(C)C)cc(C(C)(C)C(C)(CCCC)CC(C)(C)C(C)(C)CC=C)c1. The van der Waals surface area contributed by atoms with E-state index in [1.165, 1.54) is 48.8 Å². The lowest BCUT2D eigenvalue weighted by Crippen LogP contribution is -2.47. The third-order valence-corrected chi connectivity index (χ3v) is 14.8. The third-order valence-electron chi connectivity index (χ3n) is 14.8. The van der Waals surface area contributed by atoms with Crippen molar-refractivity contribution in [3.63, 3.8) is 0 Å². The Morgan fingerprint density at radius 1 is 0.500 bits per heavy atom. The Labute approximate surface area is 291 Å². The molecule has 2 atom stereocenters. The van der Waals surface area contributed by atoms with E-state index in [0.29, 0.717) is 0 Å². The third kappa shape index (κ3) is 8.64. The largest absolute Gasteiger partial charge is 0.103 e. The normalized spacial score (nSPS) is 16.9. The number of hydrogen-bond acceptors (Lipinski definition) is 0. The molecule has 0 heterocycles. The van der Waals surface area contributed by atoms with Crippen molar-refractivity contribution >= 4 is 0 Å². The van der Waals surface area contributed by atoms with Crippen LogP contribution in [-0.4, -0.2) is 0 Å².